The molecule has 1 fully saturated rings. The van der Waals surface area contributed by atoms with Crippen LogP contribution in [0.5, 0.6) is 0 Å². The van der Waals surface area contributed by atoms with Crippen molar-refractivity contribution in [1.29, 1.82) is 0 Å². The maximum absolute atomic E-state index is 14.2. The number of piperidine rings is 1. The standard InChI is InChI=1S/C20H21ClF2N4O3.CH4O.CH2O/c1-25(20-17(3-2-6-24-20)27(12-28)11-19(29)30)13-4-7-26(8-5-13)18-9-14(21)15(22)10-16(18)23;2*1-2/h2-3,6,9-10,12-13H,4-5,7-8,11H2,1H3,(H,29,30);2H,1H3;1H2. The van der Waals surface area contributed by atoms with Gasteiger partial charge in [-0.05, 0) is 31.0 Å². The molecule has 3 rings (SSSR count). The summed E-state index contributed by atoms with van der Waals surface area (Å²) in [4.78, 5) is 39.6. The molecule has 1 aliphatic rings. The number of carboxylic acids is 1. The number of hydrogen-bond donors (Lipinski definition) is 2. The fourth-order valence-electron chi connectivity index (χ4n) is 3.63. The quantitative estimate of drug-likeness (QED) is 0.440. The fourth-order valence-corrected chi connectivity index (χ4v) is 3.79. The maximum atomic E-state index is 14.2. The molecule has 0 unspecified atom stereocenters. The summed E-state index contributed by atoms with van der Waals surface area (Å²) in [5, 5.41) is 15.9. The van der Waals surface area contributed by atoms with Crippen LogP contribution in [0.3, 0.4) is 0 Å². The van der Waals surface area contributed by atoms with Gasteiger partial charge in [-0.15, -0.1) is 0 Å². The molecule has 1 aliphatic heterocycles. The number of pyridine rings is 1. The summed E-state index contributed by atoms with van der Waals surface area (Å²) in [6.45, 7) is 2.56. The molecular formula is C22H27ClF2N4O5. The number of nitrogens with zero attached hydrogens (tertiary/aromatic N) is 4. The summed E-state index contributed by atoms with van der Waals surface area (Å²) < 4.78 is 27.6. The number of anilines is 3. The van der Waals surface area contributed by atoms with Crippen LogP contribution >= 0.6 is 11.6 Å². The third-order valence-electron chi connectivity index (χ3n) is 5.19. The summed E-state index contributed by atoms with van der Waals surface area (Å²) in [6.07, 6.45) is 3.35. The fraction of sp³-hybridized carbons (Fsp3) is 0.364. The van der Waals surface area contributed by atoms with Crippen LogP contribution in [0.4, 0.5) is 26.0 Å². The number of carbonyl (C=O) groups excluding carboxylic acids is 2. The minimum absolute atomic E-state index is 0.0345. The van der Waals surface area contributed by atoms with Gasteiger partial charge in [-0.25, -0.2) is 13.8 Å². The number of aliphatic hydroxyl groups excluding tert-OH is 1. The van der Waals surface area contributed by atoms with Crippen molar-refractivity contribution in [2.45, 2.75) is 18.9 Å². The molecule has 2 N–H and O–H groups in total. The lowest BCUT2D eigenvalue weighted by Crippen LogP contribution is -2.44. The predicted molar refractivity (Wildman–Crippen MR) is 126 cm³/mol. The molecule has 0 aliphatic carbocycles. The molecule has 0 spiro atoms. The highest BCUT2D eigenvalue weighted by Crippen LogP contribution is 2.32. The first kappa shape index (κ1) is 28.7. The Hall–Kier alpha value is -3.31. The predicted octanol–water partition coefficient (Wildman–Crippen LogP) is 2.59. The molecule has 2 aromatic rings. The maximum Gasteiger partial charge on any atom is 0.323 e. The second-order valence-electron chi connectivity index (χ2n) is 7.02. The van der Waals surface area contributed by atoms with E-state index in [1.54, 1.807) is 18.3 Å². The first-order chi connectivity index (χ1) is 16.3. The van der Waals surface area contributed by atoms with E-state index in [1.165, 1.54) is 6.07 Å². The van der Waals surface area contributed by atoms with E-state index in [4.69, 9.17) is 26.6 Å². The zero-order valence-corrected chi connectivity index (χ0v) is 19.6. The van der Waals surface area contributed by atoms with Crippen molar-refractivity contribution in [3.05, 3.63) is 47.1 Å². The Morgan fingerprint density at radius 2 is 1.88 bits per heavy atom. The SMILES string of the molecule is C=O.CN(c1ncccc1N(C=O)CC(=O)O)C1CCN(c2cc(Cl)c(F)cc2F)CC1.CO. The van der Waals surface area contributed by atoms with Crippen LogP contribution in [-0.4, -0.2) is 74.2 Å². The van der Waals surface area contributed by atoms with Crippen molar-refractivity contribution < 1.29 is 33.4 Å². The molecule has 1 amide bonds. The Labute approximate surface area is 201 Å². The summed E-state index contributed by atoms with van der Waals surface area (Å²) in [5.74, 6) is -2.10. The van der Waals surface area contributed by atoms with Gasteiger partial charge in [0.25, 0.3) is 0 Å². The van der Waals surface area contributed by atoms with Crippen molar-refractivity contribution in [1.82, 2.24) is 4.98 Å². The molecule has 0 bridgehead atoms. The van der Waals surface area contributed by atoms with Crippen LogP contribution in [0, 0.1) is 11.6 Å². The minimum atomic E-state index is -1.13. The van der Waals surface area contributed by atoms with E-state index in [0.29, 0.717) is 43.8 Å². The molecule has 9 nitrogen and oxygen atoms in total. The highest BCUT2D eigenvalue weighted by molar-refractivity contribution is 6.31. The van der Waals surface area contributed by atoms with Gasteiger partial charge in [-0.3, -0.25) is 9.59 Å². The summed E-state index contributed by atoms with van der Waals surface area (Å²) >= 11 is 5.80. The molecule has 0 atom stereocenters. The Balaban J connectivity index is 0.00000137. The third-order valence-corrected chi connectivity index (χ3v) is 5.47. The van der Waals surface area contributed by atoms with E-state index >= 15 is 0 Å². The minimum Gasteiger partial charge on any atom is -0.480 e. The van der Waals surface area contributed by atoms with Gasteiger partial charge in [-0.2, -0.15) is 0 Å². The van der Waals surface area contributed by atoms with Crippen LogP contribution in [0.2, 0.25) is 5.02 Å². The number of aromatic nitrogens is 1. The van der Waals surface area contributed by atoms with Crippen LogP contribution < -0.4 is 14.7 Å². The van der Waals surface area contributed by atoms with Gasteiger partial charge in [0, 0.05) is 45.6 Å². The van der Waals surface area contributed by atoms with E-state index in [-0.39, 0.29) is 16.8 Å². The number of carbonyl (C=O) groups is 3. The van der Waals surface area contributed by atoms with Gasteiger partial charge in [0.2, 0.25) is 6.41 Å². The number of benzene rings is 1. The topological polar surface area (TPSA) is 114 Å². The Morgan fingerprint density at radius 1 is 1.26 bits per heavy atom. The van der Waals surface area contributed by atoms with Crippen molar-refractivity contribution in [2.75, 3.05) is 48.5 Å². The second kappa shape index (κ2) is 14.1. The second-order valence-corrected chi connectivity index (χ2v) is 7.43. The first-order valence-corrected chi connectivity index (χ1v) is 10.4. The van der Waals surface area contributed by atoms with Crippen LogP contribution in [0.1, 0.15) is 12.8 Å². The summed E-state index contributed by atoms with van der Waals surface area (Å²) in [5.41, 5.74) is 0.658. The van der Waals surface area contributed by atoms with Crippen molar-refractivity contribution >= 4 is 48.0 Å². The largest absolute Gasteiger partial charge is 0.480 e. The van der Waals surface area contributed by atoms with E-state index in [1.807, 2.05) is 23.6 Å². The molecule has 0 radical (unpaired) electrons. The van der Waals surface area contributed by atoms with Gasteiger partial charge in [0.15, 0.2) is 5.82 Å². The number of rotatable bonds is 7. The molecule has 2 heterocycles. The Bertz CT molecular complexity index is 961. The molecule has 0 saturated carbocycles. The monoisotopic (exact) mass is 500 g/mol. The van der Waals surface area contributed by atoms with E-state index in [0.717, 1.165) is 18.1 Å². The molecule has 186 valence electrons. The van der Waals surface area contributed by atoms with E-state index < -0.39 is 24.1 Å². The average Bonchev–Trinajstić information content (AvgIpc) is 2.87. The van der Waals surface area contributed by atoms with Crippen molar-refractivity contribution in [3.8, 4) is 0 Å². The van der Waals surface area contributed by atoms with Crippen LogP contribution in [0.15, 0.2) is 30.5 Å². The normalized spacial score (nSPS) is 13.1. The number of halogens is 3. The Morgan fingerprint density at radius 3 is 2.44 bits per heavy atom. The van der Waals surface area contributed by atoms with Crippen molar-refractivity contribution in [2.24, 2.45) is 0 Å². The molecule has 1 saturated heterocycles. The smallest absolute Gasteiger partial charge is 0.323 e. The number of carboxylic acid groups (broad SMARTS) is 1. The highest BCUT2D eigenvalue weighted by atomic mass is 35.5. The highest BCUT2D eigenvalue weighted by Gasteiger charge is 2.27. The van der Waals surface area contributed by atoms with Crippen molar-refractivity contribution in [3.63, 3.8) is 0 Å². The average molecular weight is 501 g/mol. The van der Waals surface area contributed by atoms with Gasteiger partial charge in [-0.1, -0.05) is 11.6 Å². The van der Waals surface area contributed by atoms with E-state index in [9.17, 15) is 18.4 Å². The van der Waals surface area contributed by atoms with Gasteiger partial charge in [0.1, 0.15) is 25.0 Å². The Kier molecular flexibility index (Phi) is 11.9. The first-order valence-electron chi connectivity index (χ1n) is 10.1. The lowest BCUT2D eigenvalue weighted by atomic mass is 10.0. The van der Waals surface area contributed by atoms with Crippen LogP contribution in [0.25, 0.3) is 0 Å². The number of aliphatic carboxylic acids is 1. The van der Waals surface area contributed by atoms with Gasteiger partial charge in [0.05, 0.1) is 16.4 Å². The van der Waals surface area contributed by atoms with Gasteiger partial charge < -0.3 is 29.7 Å². The van der Waals surface area contributed by atoms with Crippen LogP contribution in [-0.2, 0) is 14.4 Å². The zero-order valence-electron chi connectivity index (χ0n) is 18.8. The summed E-state index contributed by atoms with van der Waals surface area (Å²) in [7, 11) is 2.82. The molecule has 1 aromatic heterocycles. The zero-order chi connectivity index (χ0) is 25.8. The number of aliphatic hydroxyl groups is 1. The molecule has 12 heteroatoms. The molecule has 1 aromatic carbocycles. The van der Waals surface area contributed by atoms with Gasteiger partial charge >= 0.3 is 5.97 Å². The lowest BCUT2D eigenvalue weighted by molar-refractivity contribution is -0.136. The lowest BCUT2D eigenvalue weighted by Gasteiger charge is -2.39. The molecular weight excluding hydrogens is 474 g/mol. The van der Waals surface area contributed by atoms with E-state index in [2.05, 4.69) is 4.98 Å². The number of hydrogen-bond acceptors (Lipinski definition) is 7. The number of amides is 1. The molecule has 34 heavy (non-hydrogen) atoms. The third kappa shape index (κ3) is 7.09. The summed E-state index contributed by atoms with van der Waals surface area (Å²) in [6, 6.07) is 5.39.